The highest BCUT2D eigenvalue weighted by atomic mass is 32.2. The van der Waals surface area contributed by atoms with E-state index in [1.54, 1.807) is 11.6 Å². The number of nitrogens with zero attached hydrogens (tertiary/aromatic N) is 1. The number of benzene rings is 2. The first kappa shape index (κ1) is 16.8. The van der Waals surface area contributed by atoms with Crippen molar-refractivity contribution in [2.24, 2.45) is 0 Å². The van der Waals surface area contributed by atoms with Gasteiger partial charge in [0.1, 0.15) is 5.25 Å². The van der Waals surface area contributed by atoms with Crippen LogP contribution in [0.1, 0.15) is 11.5 Å². The molecule has 2 N–H and O–H groups in total. The molecule has 0 fully saturated rings. The monoisotopic (exact) mass is 381 g/mol. The zero-order valence-corrected chi connectivity index (χ0v) is 15.2. The van der Waals surface area contributed by atoms with Gasteiger partial charge in [0.05, 0.1) is 11.6 Å². The van der Waals surface area contributed by atoms with Crippen LogP contribution in [-0.4, -0.2) is 22.0 Å². The molecule has 1 aliphatic rings. The molecule has 130 valence electrons. The molecule has 0 spiro atoms. The molecule has 7 heteroatoms. The van der Waals surface area contributed by atoms with Crippen LogP contribution >= 0.6 is 23.1 Å². The summed E-state index contributed by atoms with van der Waals surface area (Å²) in [5.41, 5.74) is 1.58. The van der Waals surface area contributed by atoms with Gasteiger partial charge in [-0.3, -0.25) is 9.59 Å². The maximum atomic E-state index is 13.0. The standard InChI is InChI=1S/C19H15N3O2S2/c23-17(22-19-20-10-11-25-19)15(12-6-2-1-3-7-12)16-18(24)21-13-8-4-5-9-14(13)26-16/h1-11,15-16H,(H,21,24)(H,20,22,23). The van der Waals surface area contributed by atoms with Gasteiger partial charge in [-0.25, -0.2) is 4.98 Å². The van der Waals surface area contributed by atoms with Gasteiger partial charge in [0.15, 0.2) is 5.13 Å². The lowest BCUT2D eigenvalue weighted by molar-refractivity contribution is -0.122. The Balaban J connectivity index is 1.69. The molecule has 2 aromatic carbocycles. The molecule has 5 nitrogen and oxygen atoms in total. The fraction of sp³-hybridized carbons (Fsp3) is 0.105. The number of amides is 2. The number of carbonyl (C=O) groups excluding carboxylic acids is 2. The minimum atomic E-state index is -0.626. The lowest BCUT2D eigenvalue weighted by Gasteiger charge is -2.29. The maximum absolute atomic E-state index is 13.0. The van der Waals surface area contributed by atoms with Crippen LogP contribution in [0.25, 0.3) is 0 Å². The normalized spacial score (nSPS) is 17.1. The van der Waals surface area contributed by atoms with Crippen molar-refractivity contribution in [3.8, 4) is 0 Å². The number of hydrogen-bond acceptors (Lipinski definition) is 5. The van der Waals surface area contributed by atoms with E-state index in [0.29, 0.717) is 5.13 Å². The summed E-state index contributed by atoms with van der Waals surface area (Å²) in [6.45, 7) is 0. The zero-order valence-electron chi connectivity index (χ0n) is 13.6. The van der Waals surface area contributed by atoms with Gasteiger partial charge >= 0.3 is 0 Å². The number of rotatable bonds is 4. The molecule has 0 bridgehead atoms. The van der Waals surface area contributed by atoms with Gasteiger partial charge in [-0.05, 0) is 17.7 Å². The molecule has 2 amide bonds. The molecule has 2 unspecified atom stereocenters. The Bertz CT molecular complexity index is 929. The smallest absolute Gasteiger partial charge is 0.239 e. The van der Waals surface area contributed by atoms with Gasteiger partial charge < -0.3 is 10.6 Å². The molecular weight excluding hydrogens is 366 g/mol. The molecule has 26 heavy (non-hydrogen) atoms. The van der Waals surface area contributed by atoms with Crippen LogP contribution in [0, 0.1) is 0 Å². The van der Waals surface area contributed by atoms with Gasteiger partial charge in [0.2, 0.25) is 11.8 Å². The van der Waals surface area contributed by atoms with Crippen molar-refractivity contribution in [1.29, 1.82) is 0 Å². The van der Waals surface area contributed by atoms with E-state index < -0.39 is 11.2 Å². The SMILES string of the molecule is O=C1Nc2ccccc2SC1C(C(=O)Nc1nccs1)c1ccccc1. The van der Waals surface area contributed by atoms with Crippen LogP contribution in [0.4, 0.5) is 10.8 Å². The lowest BCUT2D eigenvalue weighted by Crippen LogP contribution is -2.39. The van der Waals surface area contributed by atoms with E-state index in [0.717, 1.165) is 16.1 Å². The van der Waals surface area contributed by atoms with E-state index in [-0.39, 0.29) is 11.8 Å². The Kier molecular flexibility index (Phi) is 4.73. The van der Waals surface area contributed by atoms with Crippen molar-refractivity contribution in [2.45, 2.75) is 16.1 Å². The van der Waals surface area contributed by atoms with E-state index in [2.05, 4.69) is 15.6 Å². The minimum Gasteiger partial charge on any atom is -0.324 e. The number of carbonyl (C=O) groups is 2. The molecule has 0 aliphatic carbocycles. The highest BCUT2D eigenvalue weighted by molar-refractivity contribution is 8.01. The summed E-state index contributed by atoms with van der Waals surface area (Å²) in [5.74, 6) is -1.03. The molecule has 1 aromatic heterocycles. The van der Waals surface area contributed by atoms with Crippen molar-refractivity contribution >= 4 is 45.7 Å². The van der Waals surface area contributed by atoms with Gasteiger partial charge in [-0.2, -0.15) is 0 Å². The Morgan fingerprint density at radius 1 is 1.12 bits per heavy atom. The minimum absolute atomic E-state index is 0.170. The van der Waals surface area contributed by atoms with Gasteiger partial charge in [0, 0.05) is 16.5 Å². The van der Waals surface area contributed by atoms with Crippen LogP contribution in [0.5, 0.6) is 0 Å². The molecule has 0 saturated carbocycles. The predicted octanol–water partition coefficient (Wildman–Crippen LogP) is 3.98. The van der Waals surface area contributed by atoms with Crippen molar-refractivity contribution in [1.82, 2.24) is 4.98 Å². The number of para-hydroxylation sites is 1. The molecule has 4 rings (SSSR count). The van der Waals surface area contributed by atoms with Crippen LogP contribution in [0.3, 0.4) is 0 Å². The van der Waals surface area contributed by atoms with Crippen molar-refractivity contribution in [3.05, 3.63) is 71.7 Å². The fourth-order valence-corrected chi connectivity index (χ4v) is 4.67. The third-order valence-corrected chi connectivity index (χ3v) is 6.10. The second-order valence-electron chi connectivity index (χ2n) is 5.74. The first-order valence-corrected chi connectivity index (χ1v) is 9.80. The van der Waals surface area contributed by atoms with Gasteiger partial charge in [-0.1, -0.05) is 42.5 Å². The van der Waals surface area contributed by atoms with E-state index in [1.807, 2.05) is 54.6 Å². The molecule has 0 saturated heterocycles. The van der Waals surface area contributed by atoms with E-state index in [9.17, 15) is 9.59 Å². The number of fused-ring (bicyclic) bond motifs is 1. The topological polar surface area (TPSA) is 71.1 Å². The zero-order chi connectivity index (χ0) is 17.9. The Hall–Kier alpha value is -2.64. The largest absolute Gasteiger partial charge is 0.324 e. The molecular formula is C19H15N3O2S2. The van der Waals surface area contributed by atoms with E-state index >= 15 is 0 Å². The van der Waals surface area contributed by atoms with Crippen molar-refractivity contribution < 1.29 is 9.59 Å². The highest BCUT2D eigenvalue weighted by Gasteiger charge is 2.39. The average molecular weight is 381 g/mol. The second kappa shape index (κ2) is 7.31. The molecule has 0 radical (unpaired) electrons. The van der Waals surface area contributed by atoms with Crippen LogP contribution < -0.4 is 10.6 Å². The lowest BCUT2D eigenvalue weighted by atomic mass is 9.93. The molecule has 2 atom stereocenters. The first-order valence-electron chi connectivity index (χ1n) is 8.04. The predicted molar refractivity (Wildman–Crippen MR) is 105 cm³/mol. The fourth-order valence-electron chi connectivity index (χ4n) is 2.88. The third-order valence-electron chi connectivity index (χ3n) is 4.06. The summed E-state index contributed by atoms with van der Waals surface area (Å²) in [4.78, 5) is 30.9. The van der Waals surface area contributed by atoms with Crippen LogP contribution in [-0.2, 0) is 9.59 Å². The number of thioether (sulfide) groups is 1. The summed E-state index contributed by atoms with van der Waals surface area (Å²) in [6.07, 6.45) is 1.64. The summed E-state index contributed by atoms with van der Waals surface area (Å²) in [5, 5.41) is 7.52. The van der Waals surface area contributed by atoms with Crippen molar-refractivity contribution in [2.75, 3.05) is 10.6 Å². The Labute approximate surface area is 158 Å². The quantitative estimate of drug-likeness (QED) is 0.717. The maximum Gasteiger partial charge on any atom is 0.239 e. The summed E-state index contributed by atoms with van der Waals surface area (Å²) >= 11 is 2.77. The molecule has 3 aromatic rings. The second-order valence-corrected chi connectivity index (χ2v) is 7.82. The first-order chi connectivity index (χ1) is 12.7. The highest BCUT2D eigenvalue weighted by Crippen LogP contribution is 2.41. The summed E-state index contributed by atoms with van der Waals surface area (Å²) in [7, 11) is 0. The van der Waals surface area contributed by atoms with Gasteiger partial charge in [-0.15, -0.1) is 23.1 Å². The van der Waals surface area contributed by atoms with E-state index in [4.69, 9.17) is 0 Å². The van der Waals surface area contributed by atoms with Gasteiger partial charge in [0.25, 0.3) is 0 Å². The average Bonchev–Trinajstić information content (AvgIpc) is 3.16. The Morgan fingerprint density at radius 3 is 2.65 bits per heavy atom. The number of nitrogens with one attached hydrogen (secondary N) is 2. The molecule has 1 aliphatic heterocycles. The number of thiazole rings is 1. The number of hydrogen-bond donors (Lipinski definition) is 2. The number of anilines is 2. The van der Waals surface area contributed by atoms with Crippen LogP contribution in [0.15, 0.2) is 71.1 Å². The molecule has 2 heterocycles. The number of aromatic nitrogens is 1. The van der Waals surface area contributed by atoms with Crippen molar-refractivity contribution in [3.63, 3.8) is 0 Å². The summed E-state index contributed by atoms with van der Waals surface area (Å²) in [6, 6.07) is 17.0. The Morgan fingerprint density at radius 2 is 1.88 bits per heavy atom. The summed E-state index contributed by atoms with van der Waals surface area (Å²) < 4.78 is 0. The van der Waals surface area contributed by atoms with Crippen LogP contribution in [0.2, 0.25) is 0 Å². The third kappa shape index (κ3) is 3.36. The van der Waals surface area contributed by atoms with E-state index in [1.165, 1.54) is 23.1 Å².